The number of carbonyl (C=O) groups is 1. The Balaban J connectivity index is 2.10. The molecule has 92 valence electrons. The smallest absolute Gasteiger partial charge is 0.257 e. The topological polar surface area (TPSA) is 66.6 Å². The first kappa shape index (κ1) is 11.8. The van der Waals surface area contributed by atoms with E-state index >= 15 is 0 Å². The third-order valence-corrected chi connectivity index (χ3v) is 3.43. The zero-order valence-corrected chi connectivity index (χ0v) is 10.2. The molecule has 17 heavy (non-hydrogen) atoms. The predicted octanol–water partition coefficient (Wildman–Crippen LogP) is 1.70. The molecule has 0 radical (unpaired) electrons. The van der Waals surface area contributed by atoms with Gasteiger partial charge in [-0.3, -0.25) is 4.79 Å². The molecule has 1 aliphatic rings. The lowest BCUT2D eigenvalue weighted by Crippen LogP contribution is -2.29. The van der Waals surface area contributed by atoms with Crippen molar-refractivity contribution in [3.8, 4) is 5.75 Å². The molecular formula is C13H18N2O2. The first-order chi connectivity index (χ1) is 8.00. The first-order valence-corrected chi connectivity index (χ1v) is 5.83. The van der Waals surface area contributed by atoms with Gasteiger partial charge < -0.3 is 15.7 Å². The predicted molar refractivity (Wildman–Crippen MR) is 66.8 cm³/mol. The Morgan fingerprint density at radius 3 is 2.82 bits per heavy atom. The van der Waals surface area contributed by atoms with Crippen LogP contribution in [0.5, 0.6) is 5.75 Å². The van der Waals surface area contributed by atoms with Crippen molar-refractivity contribution in [3.05, 3.63) is 23.8 Å². The Bertz CT molecular complexity index is 445. The summed E-state index contributed by atoms with van der Waals surface area (Å²) in [4.78, 5) is 13.8. The third kappa shape index (κ3) is 2.35. The van der Waals surface area contributed by atoms with Crippen LogP contribution >= 0.6 is 0 Å². The Labute approximate surface area is 101 Å². The number of phenols is 1. The summed E-state index contributed by atoms with van der Waals surface area (Å²) in [5, 5.41) is 9.75. The normalized spacial score (nSPS) is 22.2. The minimum Gasteiger partial charge on any atom is -0.505 e. The molecule has 0 bridgehead atoms. The van der Waals surface area contributed by atoms with Crippen LogP contribution < -0.4 is 5.73 Å². The molecule has 2 unspecified atom stereocenters. The molecule has 1 aliphatic carbocycles. The van der Waals surface area contributed by atoms with E-state index in [0.717, 1.165) is 6.54 Å². The van der Waals surface area contributed by atoms with Gasteiger partial charge >= 0.3 is 0 Å². The quantitative estimate of drug-likeness (QED) is 0.618. The van der Waals surface area contributed by atoms with Gasteiger partial charge in [0.15, 0.2) is 5.75 Å². The Morgan fingerprint density at radius 2 is 2.24 bits per heavy atom. The van der Waals surface area contributed by atoms with Crippen molar-refractivity contribution in [1.82, 2.24) is 4.90 Å². The fraction of sp³-hybridized carbons (Fsp3) is 0.462. The average molecular weight is 234 g/mol. The van der Waals surface area contributed by atoms with E-state index in [9.17, 15) is 9.90 Å². The number of nitrogen functional groups attached to an aromatic ring is 1. The van der Waals surface area contributed by atoms with E-state index in [1.807, 2.05) is 0 Å². The van der Waals surface area contributed by atoms with Crippen LogP contribution in [0.25, 0.3) is 0 Å². The number of hydrogen-bond donors (Lipinski definition) is 2. The van der Waals surface area contributed by atoms with E-state index in [-0.39, 0.29) is 22.9 Å². The highest BCUT2D eigenvalue weighted by Gasteiger charge is 2.34. The molecule has 4 heteroatoms. The first-order valence-electron chi connectivity index (χ1n) is 5.83. The van der Waals surface area contributed by atoms with E-state index in [1.54, 1.807) is 30.1 Å². The van der Waals surface area contributed by atoms with Gasteiger partial charge in [-0.2, -0.15) is 0 Å². The van der Waals surface area contributed by atoms with Gasteiger partial charge in [-0.1, -0.05) is 13.0 Å². The summed E-state index contributed by atoms with van der Waals surface area (Å²) in [6.07, 6.45) is 1.18. The number of carbonyl (C=O) groups excluding carboxylic acids is 1. The highest BCUT2D eigenvalue weighted by molar-refractivity contribution is 5.98. The zero-order chi connectivity index (χ0) is 12.6. The van der Waals surface area contributed by atoms with Crippen molar-refractivity contribution in [2.24, 2.45) is 11.8 Å². The second-order valence-electron chi connectivity index (χ2n) is 4.90. The fourth-order valence-electron chi connectivity index (χ4n) is 2.03. The number of benzene rings is 1. The summed E-state index contributed by atoms with van der Waals surface area (Å²) in [7, 11) is 1.76. The molecule has 0 heterocycles. The van der Waals surface area contributed by atoms with Crippen LogP contribution in [0.3, 0.4) is 0 Å². The lowest BCUT2D eigenvalue weighted by molar-refractivity contribution is 0.0784. The molecular weight excluding hydrogens is 216 g/mol. The summed E-state index contributed by atoms with van der Waals surface area (Å²) >= 11 is 0. The minimum atomic E-state index is -0.172. The lowest BCUT2D eigenvalue weighted by atomic mass is 10.1. The standard InChI is InChI=1S/C13H18N2O2/c1-8-6-9(8)7-15(2)13(17)10-4-3-5-11(14)12(10)16/h3-5,8-9,16H,6-7,14H2,1-2H3. The number of nitrogens with zero attached hydrogens (tertiary/aromatic N) is 1. The molecule has 0 aliphatic heterocycles. The summed E-state index contributed by atoms with van der Waals surface area (Å²) in [5.74, 6) is 1.02. The molecule has 0 spiro atoms. The number of anilines is 1. The maximum atomic E-state index is 12.1. The Kier molecular flexibility index (Phi) is 2.96. The molecule has 0 saturated heterocycles. The molecule has 3 N–H and O–H groups in total. The number of nitrogens with two attached hydrogens (primary N) is 1. The number of hydrogen-bond acceptors (Lipinski definition) is 3. The van der Waals surface area contributed by atoms with Gasteiger partial charge in [0.2, 0.25) is 0 Å². The number of amides is 1. The Hall–Kier alpha value is -1.71. The molecule has 1 amide bonds. The molecule has 0 aromatic heterocycles. The molecule has 1 saturated carbocycles. The van der Waals surface area contributed by atoms with E-state index in [4.69, 9.17) is 5.73 Å². The van der Waals surface area contributed by atoms with Crippen LogP contribution in [0, 0.1) is 11.8 Å². The van der Waals surface area contributed by atoms with Crippen LogP contribution in [0.15, 0.2) is 18.2 Å². The van der Waals surface area contributed by atoms with Crippen molar-refractivity contribution >= 4 is 11.6 Å². The van der Waals surface area contributed by atoms with Gasteiger partial charge in [0.05, 0.1) is 11.3 Å². The van der Waals surface area contributed by atoms with Crippen LogP contribution in [0.2, 0.25) is 0 Å². The highest BCUT2D eigenvalue weighted by atomic mass is 16.3. The van der Waals surface area contributed by atoms with E-state index in [1.165, 1.54) is 6.42 Å². The van der Waals surface area contributed by atoms with Gasteiger partial charge in [-0.25, -0.2) is 0 Å². The molecule has 2 atom stereocenters. The van der Waals surface area contributed by atoms with Gasteiger partial charge in [0, 0.05) is 13.6 Å². The van der Waals surface area contributed by atoms with Crippen molar-refractivity contribution in [2.45, 2.75) is 13.3 Å². The van der Waals surface area contributed by atoms with Crippen LogP contribution in [-0.2, 0) is 0 Å². The van der Waals surface area contributed by atoms with Crippen LogP contribution in [0.1, 0.15) is 23.7 Å². The summed E-state index contributed by atoms with van der Waals surface area (Å²) in [6.45, 7) is 2.93. The zero-order valence-electron chi connectivity index (χ0n) is 10.2. The molecule has 2 rings (SSSR count). The van der Waals surface area contributed by atoms with Crippen molar-refractivity contribution in [3.63, 3.8) is 0 Å². The number of rotatable bonds is 3. The minimum absolute atomic E-state index is 0.117. The number of phenolic OH excluding ortho intramolecular Hbond substituents is 1. The monoisotopic (exact) mass is 234 g/mol. The van der Waals surface area contributed by atoms with Crippen molar-refractivity contribution in [2.75, 3.05) is 19.3 Å². The van der Waals surface area contributed by atoms with E-state index in [2.05, 4.69) is 6.92 Å². The van der Waals surface area contributed by atoms with Gasteiger partial charge in [0.1, 0.15) is 0 Å². The molecule has 1 fully saturated rings. The van der Waals surface area contributed by atoms with Crippen molar-refractivity contribution < 1.29 is 9.90 Å². The largest absolute Gasteiger partial charge is 0.505 e. The van der Waals surface area contributed by atoms with Gasteiger partial charge in [-0.05, 0) is 30.4 Å². The average Bonchev–Trinajstić information content (AvgIpc) is 2.97. The highest BCUT2D eigenvalue weighted by Crippen LogP contribution is 2.38. The van der Waals surface area contributed by atoms with Gasteiger partial charge in [-0.15, -0.1) is 0 Å². The Morgan fingerprint density at radius 1 is 1.59 bits per heavy atom. The SMILES string of the molecule is CC1CC1CN(C)C(=O)c1cccc(N)c1O. The molecule has 4 nitrogen and oxygen atoms in total. The third-order valence-electron chi connectivity index (χ3n) is 3.43. The fourth-order valence-corrected chi connectivity index (χ4v) is 2.03. The lowest BCUT2D eigenvalue weighted by Gasteiger charge is -2.18. The van der Waals surface area contributed by atoms with Gasteiger partial charge in [0.25, 0.3) is 5.91 Å². The number of aromatic hydroxyl groups is 1. The second kappa shape index (κ2) is 4.28. The number of para-hydroxylation sites is 1. The van der Waals surface area contributed by atoms with E-state index < -0.39 is 0 Å². The molecule has 1 aromatic rings. The molecule has 1 aromatic carbocycles. The maximum absolute atomic E-state index is 12.1. The summed E-state index contributed by atoms with van der Waals surface area (Å²) in [5.41, 5.74) is 6.09. The summed E-state index contributed by atoms with van der Waals surface area (Å²) < 4.78 is 0. The van der Waals surface area contributed by atoms with Crippen molar-refractivity contribution in [1.29, 1.82) is 0 Å². The van der Waals surface area contributed by atoms with E-state index in [0.29, 0.717) is 11.8 Å². The second-order valence-corrected chi connectivity index (χ2v) is 4.90. The van der Waals surface area contributed by atoms with Crippen LogP contribution in [-0.4, -0.2) is 29.5 Å². The maximum Gasteiger partial charge on any atom is 0.257 e. The van der Waals surface area contributed by atoms with Crippen LogP contribution in [0.4, 0.5) is 5.69 Å². The summed E-state index contributed by atoms with van der Waals surface area (Å²) in [6, 6.07) is 4.85.